The van der Waals surface area contributed by atoms with Crippen molar-refractivity contribution >= 4 is 18.0 Å². The molecule has 0 aromatic carbocycles. The van der Waals surface area contributed by atoms with Gasteiger partial charge in [0.15, 0.2) is 5.96 Å². The van der Waals surface area contributed by atoms with E-state index in [1.807, 2.05) is 34.6 Å². The van der Waals surface area contributed by atoms with E-state index < -0.39 is 17.2 Å². The van der Waals surface area contributed by atoms with Crippen LogP contribution in [0, 0.1) is 0 Å². The second-order valence-electron chi connectivity index (χ2n) is 8.69. The van der Waals surface area contributed by atoms with Crippen molar-refractivity contribution in [1.82, 2.24) is 21.3 Å². The molecule has 0 aliphatic heterocycles. The number of hydrogen-bond acceptors (Lipinski definition) is 4. The number of aliphatic imine (C=N–C) groups is 1. The molecule has 27 heavy (non-hydrogen) atoms. The Balaban J connectivity index is 2.35. The molecule has 1 rings (SSSR count). The topological polar surface area (TPSA) is 104 Å². The molecule has 4 N–H and O–H groups in total. The minimum atomic E-state index is -0.551. The fourth-order valence-corrected chi connectivity index (χ4v) is 2.84. The summed E-state index contributed by atoms with van der Waals surface area (Å²) in [5, 5.41) is 12.0. The molecule has 1 aliphatic rings. The molecule has 0 saturated heterocycles. The summed E-state index contributed by atoms with van der Waals surface area (Å²) in [7, 11) is 1.64. The zero-order chi connectivity index (χ0) is 20.5. The number of carbonyl (C=O) groups excluding carboxylic acids is 2. The van der Waals surface area contributed by atoms with Crippen LogP contribution in [0.2, 0.25) is 0 Å². The average molecular weight is 384 g/mol. The van der Waals surface area contributed by atoms with Crippen LogP contribution in [0.4, 0.5) is 4.79 Å². The lowest BCUT2D eigenvalue weighted by Crippen LogP contribution is -2.55. The summed E-state index contributed by atoms with van der Waals surface area (Å²) in [5.74, 6) is 0.476. The summed E-state index contributed by atoms with van der Waals surface area (Å²) >= 11 is 0. The largest absolute Gasteiger partial charge is 0.444 e. The van der Waals surface area contributed by atoms with Gasteiger partial charge in [-0.3, -0.25) is 9.79 Å². The van der Waals surface area contributed by atoms with Crippen LogP contribution in [-0.4, -0.2) is 55.3 Å². The highest BCUT2D eigenvalue weighted by molar-refractivity contribution is 5.86. The van der Waals surface area contributed by atoms with Gasteiger partial charge in [0, 0.05) is 19.6 Å². The van der Waals surface area contributed by atoms with E-state index in [1.54, 1.807) is 7.05 Å². The zero-order valence-corrected chi connectivity index (χ0v) is 17.7. The minimum absolute atomic E-state index is 0.0315. The maximum absolute atomic E-state index is 12.1. The molecule has 0 aromatic rings. The minimum Gasteiger partial charge on any atom is -0.444 e. The Morgan fingerprint density at radius 3 is 2.22 bits per heavy atom. The maximum Gasteiger partial charge on any atom is 0.408 e. The third-order valence-electron chi connectivity index (χ3n) is 4.15. The molecule has 2 amide bonds. The van der Waals surface area contributed by atoms with Gasteiger partial charge < -0.3 is 26.0 Å². The van der Waals surface area contributed by atoms with Gasteiger partial charge in [0.2, 0.25) is 5.91 Å². The first-order valence-corrected chi connectivity index (χ1v) is 9.76. The molecule has 0 spiro atoms. The fourth-order valence-electron chi connectivity index (χ4n) is 2.84. The van der Waals surface area contributed by atoms with Crippen molar-refractivity contribution in [2.75, 3.05) is 20.1 Å². The Kier molecular flexibility index (Phi) is 8.85. The van der Waals surface area contributed by atoms with Gasteiger partial charge in [-0.05, 0) is 47.5 Å². The van der Waals surface area contributed by atoms with E-state index in [0.29, 0.717) is 18.5 Å². The number of amides is 2. The lowest BCUT2D eigenvalue weighted by atomic mass is 9.95. The van der Waals surface area contributed by atoms with Crippen LogP contribution in [-0.2, 0) is 9.53 Å². The van der Waals surface area contributed by atoms with E-state index in [2.05, 4.69) is 26.3 Å². The van der Waals surface area contributed by atoms with Gasteiger partial charge in [-0.2, -0.15) is 0 Å². The Morgan fingerprint density at radius 1 is 1.04 bits per heavy atom. The molecular weight excluding hydrogens is 346 g/mol. The molecule has 0 atom stereocenters. The van der Waals surface area contributed by atoms with Crippen molar-refractivity contribution in [2.24, 2.45) is 4.99 Å². The molecule has 0 heterocycles. The van der Waals surface area contributed by atoms with E-state index in [4.69, 9.17) is 4.74 Å². The maximum atomic E-state index is 12.1. The number of rotatable bonds is 6. The van der Waals surface area contributed by atoms with E-state index in [-0.39, 0.29) is 12.5 Å². The highest BCUT2D eigenvalue weighted by atomic mass is 16.6. The van der Waals surface area contributed by atoms with Crippen LogP contribution < -0.4 is 21.3 Å². The molecule has 8 heteroatoms. The highest BCUT2D eigenvalue weighted by Crippen LogP contribution is 2.17. The molecular formula is C19H37N5O3. The monoisotopic (exact) mass is 383 g/mol. The van der Waals surface area contributed by atoms with Crippen molar-refractivity contribution in [3.63, 3.8) is 0 Å². The van der Waals surface area contributed by atoms with E-state index in [0.717, 1.165) is 12.8 Å². The predicted octanol–water partition coefficient (Wildman–Crippen LogP) is 1.90. The fraction of sp³-hybridized carbons (Fsp3) is 0.842. The summed E-state index contributed by atoms with van der Waals surface area (Å²) < 4.78 is 5.28. The molecule has 1 fully saturated rings. The van der Waals surface area contributed by atoms with Crippen LogP contribution in [0.1, 0.15) is 66.7 Å². The first kappa shape index (κ1) is 23.0. The van der Waals surface area contributed by atoms with Gasteiger partial charge in [0.25, 0.3) is 0 Å². The van der Waals surface area contributed by atoms with Crippen LogP contribution in [0.15, 0.2) is 4.99 Å². The molecule has 1 aliphatic carbocycles. The van der Waals surface area contributed by atoms with Crippen molar-refractivity contribution in [3.8, 4) is 0 Å². The first-order valence-electron chi connectivity index (χ1n) is 9.76. The molecule has 8 nitrogen and oxygen atoms in total. The zero-order valence-electron chi connectivity index (χ0n) is 17.7. The molecule has 0 unspecified atom stereocenters. The van der Waals surface area contributed by atoms with E-state index >= 15 is 0 Å². The van der Waals surface area contributed by atoms with Crippen molar-refractivity contribution in [3.05, 3.63) is 0 Å². The lowest BCUT2D eigenvalue weighted by Gasteiger charge is -2.29. The second kappa shape index (κ2) is 10.4. The van der Waals surface area contributed by atoms with Crippen LogP contribution in [0.3, 0.4) is 0 Å². The summed E-state index contributed by atoms with van der Waals surface area (Å²) in [6.07, 6.45) is 5.27. The third kappa shape index (κ3) is 10.7. The van der Waals surface area contributed by atoms with Crippen LogP contribution in [0.5, 0.6) is 0 Å². The molecule has 1 saturated carbocycles. The summed E-state index contributed by atoms with van der Waals surface area (Å²) in [5.41, 5.74) is -1.10. The number of nitrogens with zero attached hydrogens (tertiary/aromatic N) is 1. The predicted molar refractivity (Wildman–Crippen MR) is 108 cm³/mol. The molecule has 0 bridgehead atoms. The smallest absolute Gasteiger partial charge is 0.408 e. The van der Waals surface area contributed by atoms with Crippen LogP contribution in [0.25, 0.3) is 0 Å². The van der Waals surface area contributed by atoms with Crippen LogP contribution >= 0.6 is 0 Å². The summed E-state index contributed by atoms with van der Waals surface area (Å²) in [6.45, 7) is 9.82. The lowest BCUT2D eigenvalue weighted by molar-refractivity contribution is -0.120. The van der Waals surface area contributed by atoms with Gasteiger partial charge in [-0.15, -0.1) is 0 Å². The van der Waals surface area contributed by atoms with Crippen molar-refractivity contribution in [1.29, 1.82) is 0 Å². The van der Waals surface area contributed by atoms with E-state index in [1.165, 1.54) is 19.3 Å². The van der Waals surface area contributed by atoms with Gasteiger partial charge in [-0.25, -0.2) is 4.79 Å². The van der Waals surface area contributed by atoms with Gasteiger partial charge in [0.1, 0.15) is 5.60 Å². The number of ether oxygens (including phenoxy) is 1. The molecule has 0 radical (unpaired) electrons. The highest BCUT2D eigenvalue weighted by Gasteiger charge is 2.25. The third-order valence-corrected chi connectivity index (χ3v) is 4.15. The van der Waals surface area contributed by atoms with E-state index in [9.17, 15) is 9.59 Å². The van der Waals surface area contributed by atoms with Gasteiger partial charge >= 0.3 is 6.09 Å². The number of nitrogens with one attached hydrogen (secondary N) is 4. The quantitative estimate of drug-likeness (QED) is 0.414. The Labute approximate surface area is 163 Å². The Morgan fingerprint density at radius 2 is 1.67 bits per heavy atom. The number of carbonyl (C=O) groups is 2. The summed E-state index contributed by atoms with van der Waals surface area (Å²) in [4.78, 5) is 28.1. The van der Waals surface area contributed by atoms with Gasteiger partial charge in [0.05, 0.1) is 12.1 Å². The SMILES string of the molecule is CN=C(NCC(=O)NC1CCCCC1)NCC(C)(C)NC(=O)OC(C)(C)C. The molecule has 0 aromatic heterocycles. The Hall–Kier alpha value is -1.99. The number of alkyl carbamates (subject to hydrolysis) is 1. The Bertz CT molecular complexity index is 520. The van der Waals surface area contributed by atoms with Crippen molar-refractivity contribution < 1.29 is 14.3 Å². The second-order valence-corrected chi connectivity index (χ2v) is 8.69. The normalized spacial score (nSPS) is 16.4. The number of hydrogen-bond donors (Lipinski definition) is 4. The average Bonchev–Trinajstić information content (AvgIpc) is 2.53. The molecule has 156 valence electrons. The number of guanidine groups is 1. The van der Waals surface area contributed by atoms with Gasteiger partial charge in [-0.1, -0.05) is 19.3 Å². The standard InChI is InChI=1S/C19H37N5O3/c1-18(2,3)27-17(26)24-19(4,5)13-22-16(20-6)21-12-15(25)23-14-10-8-7-9-11-14/h14H,7-13H2,1-6H3,(H,23,25)(H,24,26)(H2,20,21,22). The van der Waals surface area contributed by atoms with Crippen molar-refractivity contribution in [2.45, 2.75) is 83.9 Å². The summed E-state index contributed by atoms with van der Waals surface area (Å²) in [6, 6.07) is 0.292. The first-order chi connectivity index (χ1) is 12.5.